The van der Waals surface area contributed by atoms with Crippen molar-refractivity contribution in [1.82, 2.24) is 4.31 Å². The average molecular weight is 418 g/mol. The van der Waals surface area contributed by atoms with Crippen LogP contribution < -0.4 is 5.32 Å². The van der Waals surface area contributed by atoms with E-state index in [2.05, 4.69) is 5.32 Å². The van der Waals surface area contributed by atoms with Gasteiger partial charge in [0, 0.05) is 18.8 Å². The van der Waals surface area contributed by atoms with Gasteiger partial charge < -0.3 is 5.32 Å². The van der Waals surface area contributed by atoms with Crippen molar-refractivity contribution in [1.29, 1.82) is 5.26 Å². The van der Waals surface area contributed by atoms with E-state index in [1.54, 1.807) is 30.3 Å². The Labute approximate surface area is 169 Å². The molecule has 1 heterocycles. The Morgan fingerprint density at radius 1 is 1.11 bits per heavy atom. The summed E-state index contributed by atoms with van der Waals surface area (Å²) in [5.41, 5.74) is 1.54. The first-order chi connectivity index (χ1) is 13.4. The Bertz CT molecular complexity index is 1010. The molecule has 2 aromatic rings. The molecule has 1 aliphatic rings. The van der Waals surface area contributed by atoms with E-state index in [1.807, 2.05) is 6.07 Å². The molecule has 0 radical (unpaired) electrons. The van der Waals surface area contributed by atoms with E-state index >= 15 is 0 Å². The fourth-order valence-corrected chi connectivity index (χ4v) is 4.85. The Balaban J connectivity index is 1.64. The van der Waals surface area contributed by atoms with Crippen molar-refractivity contribution in [2.75, 3.05) is 18.4 Å². The smallest absolute Gasteiger partial charge is 0.243 e. The van der Waals surface area contributed by atoms with Crippen LogP contribution in [0.25, 0.3) is 0 Å². The molecule has 1 saturated heterocycles. The minimum absolute atomic E-state index is 0.0989. The number of hydrogen-bond donors (Lipinski definition) is 1. The van der Waals surface area contributed by atoms with Crippen LogP contribution in [0, 0.1) is 11.3 Å². The number of carbonyl (C=O) groups excluding carboxylic acids is 1. The summed E-state index contributed by atoms with van der Waals surface area (Å²) < 4.78 is 26.8. The van der Waals surface area contributed by atoms with Crippen LogP contribution in [0.4, 0.5) is 5.69 Å². The number of benzene rings is 2. The van der Waals surface area contributed by atoms with E-state index in [0.29, 0.717) is 29.9 Å². The summed E-state index contributed by atoms with van der Waals surface area (Å²) in [5.74, 6) is -0.257. The summed E-state index contributed by atoms with van der Waals surface area (Å²) in [4.78, 5) is 12.5. The van der Waals surface area contributed by atoms with Gasteiger partial charge in [0.25, 0.3) is 0 Å². The molecule has 1 N–H and O–H groups in total. The lowest BCUT2D eigenvalue weighted by atomic mass is 10.1. The van der Waals surface area contributed by atoms with Crippen molar-refractivity contribution in [2.45, 2.75) is 30.6 Å². The van der Waals surface area contributed by atoms with Crippen LogP contribution in [0.1, 0.15) is 30.4 Å². The lowest BCUT2D eigenvalue weighted by Crippen LogP contribution is -2.35. The molecule has 2 aromatic carbocycles. The van der Waals surface area contributed by atoms with Crippen LogP contribution in [-0.4, -0.2) is 31.7 Å². The van der Waals surface area contributed by atoms with Gasteiger partial charge >= 0.3 is 0 Å². The molecule has 3 rings (SSSR count). The third kappa shape index (κ3) is 4.71. The Morgan fingerprint density at radius 3 is 2.39 bits per heavy atom. The first-order valence-corrected chi connectivity index (χ1v) is 10.8. The number of carbonyl (C=O) groups is 1. The van der Waals surface area contributed by atoms with Gasteiger partial charge in [-0.2, -0.15) is 9.57 Å². The monoisotopic (exact) mass is 417 g/mol. The maximum Gasteiger partial charge on any atom is 0.243 e. The van der Waals surface area contributed by atoms with Crippen LogP contribution >= 0.6 is 11.6 Å². The number of anilines is 1. The predicted molar refractivity (Wildman–Crippen MR) is 108 cm³/mol. The van der Waals surface area contributed by atoms with Crippen molar-refractivity contribution in [3.63, 3.8) is 0 Å². The van der Waals surface area contributed by atoms with Gasteiger partial charge in [-0.05, 0) is 48.7 Å². The van der Waals surface area contributed by atoms with E-state index in [1.165, 1.54) is 16.4 Å². The Kier molecular flexibility index (Phi) is 6.35. The molecule has 0 aliphatic carbocycles. The molecule has 28 heavy (non-hydrogen) atoms. The van der Waals surface area contributed by atoms with Gasteiger partial charge in [-0.1, -0.05) is 30.2 Å². The van der Waals surface area contributed by atoms with Crippen LogP contribution in [0.15, 0.2) is 47.4 Å². The molecule has 1 aliphatic heterocycles. The summed E-state index contributed by atoms with van der Waals surface area (Å²) in [6, 6.07) is 13.0. The fraction of sp³-hybridized carbons (Fsp3) is 0.300. The number of rotatable bonds is 5. The van der Waals surface area contributed by atoms with Gasteiger partial charge in [-0.3, -0.25) is 4.79 Å². The number of hydrogen-bond acceptors (Lipinski definition) is 4. The number of sulfonamides is 1. The highest BCUT2D eigenvalue weighted by molar-refractivity contribution is 7.89. The van der Waals surface area contributed by atoms with Gasteiger partial charge in [0.15, 0.2) is 0 Å². The highest BCUT2D eigenvalue weighted by Crippen LogP contribution is 2.22. The molecule has 1 amide bonds. The molecular weight excluding hydrogens is 398 g/mol. The highest BCUT2D eigenvalue weighted by atomic mass is 35.5. The summed E-state index contributed by atoms with van der Waals surface area (Å²) in [6.45, 7) is 1.11. The van der Waals surface area contributed by atoms with Gasteiger partial charge in [-0.15, -0.1) is 0 Å². The minimum Gasteiger partial charge on any atom is -0.326 e. The number of amides is 1. The zero-order valence-corrected chi connectivity index (χ0v) is 16.8. The topological polar surface area (TPSA) is 90.3 Å². The molecule has 6 nitrogen and oxygen atoms in total. The molecule has 0 saturated carbocycles. The standard InChI is InChI=1S/C20H20ClN3O3S/c21-19-13-17(7-6-16(19)14-22)23-20(25)12-15-4-8-18(9-5-15)28(26,27)24-10-2-1-3-11-24/h4-9,13H,1-3,10-12H2,(H,23,25). The molecule has 8 heteroatoms. The first kappa shape index (κ1) is 20.3. The summed E-state index contributed by atoms with van der Waals surface area (Å²) in [5, 5.41) is 11.9. The largest absolute Gasteiger partial charge is 0.326 e. The number of piperidine rings is 1. The predicted octanol–water partition coefficient (Wildman–Crippen LogP) is 3.57. The average Bonchev–Trinajstić information content (AvgIpc) is 2.69. The van der Waals surface area contributed by atoms with E-state index in [4.69, 9.17) is 16.9 Å². The number of nitrogens with one attached hydrogen (secondary N) is 1. The maximum atomic E-state index is 12.7. The van der Waals surface area contributed by atoms with Crippen LogP contribution in [0.5, 0.6) is 0 Å². The maximum absolute atomic E-state index is 12.7. The van der Waals surface area contributed by atoms with Crippen LogP contribution in [-0.2, 0) is 21.2 Å². The normalized spacial score (nSPS) is 15.0. The second kappa shape index (κ2) is 8.74. The van der Waals surface area contributed by atoms with Gasteiger partial charge in [0.1, 0.15) is 6.07 Å². The molecule has 0 spiro atoms. The van der Waals surface area contributed by atoms with Crippen LogP contribution in [0.2, 0.25) is 5.02 Å². The SMILES string of the molecule is N#Cc1ccc(NC(=O)Cc2ccc(S(=O)(=O)N3CCCCC3)cc2)cc1Cl. The number of nitriles is 1. The summed E-state index contributed by atoms with van der Waals surface area (Å²) >= 11 is 5.96. The highest BCUT2D eigenvalue weighted by Gasteiger charge is 2.25. The Morgan fingerprint density at radius 2 is 1.79 bits per heavy atom. The van der Waals surface area contributed by atoms with Gasteiger partial charge in [-0.25, -0.2) is 8.42 Å². The lowest BCUT2D eigenvalue weighted by molar-refractivity contribution is -0.115. The van der Waals surface area contributed by atoms with E-state index in [9.17, 15) is 13.2 Å². The summed E-state index contributed by atoms with van der Waals surface area (Å²) in [7, 11) is -3.48. The van der Waals surface area contributed by atoms with Crippen LogP contribution in [0.3, 0.4) is 0 Å². The summed E-state index contributed by atoms with van der Waals surface area (Å²) in [6.07, 6.45) is 2.93. The molecule has 0 unspecified atom stereocenters. The van der Waals surface area contributed by atoms with Gasteiger partial charge in [0.2, 0.25) is 15.9 Å². The number of nitrogens with zero attached hydrogens (tertiary/aromatic N) is 2. The van der Waals surface area contributed by atoms with Gasteiger partial charge in [0.05, 0.1) is 21.9 Å². The van der Waals surface area contributed by atoms with E-state index < -0.39 is 10.0 Å². The van der Waals surface area contributed by atoms with E-state index in [-0.39, 0.29) is 22.2 Å². The molecule has 1 fully saturated rings. The minimum atomic E-state index is -3.48. The Hall–Kier alpha value is -2.40. The van der Waals surface area contributed by atoms with Crippen molar-refractivity contribution in [3.8, 4) is 6.07 Å². The molecule has 0 atom stereocenters. The zero-order chi connectivity index (χ0) is 20.1. The second-order valence-electron chi connectivity index (χ2n) is 6.64. The quantitative estimate of drug-likeness (QED) is 0.805. The third-order valence-electron chi connectivity index (χ3n) is 4.61. The molecule has 0 aromatic heterocycles. The lowest BCUT2D eigenvalue weighted by Gasteiger charge is -2.25. The number of halogens is 1. The molecular formula is C20H20ClN3O3S. The first-order valence-electron chi connectivity index (χ1n) is 8.99. The third-order valence-corrected chi connectivity index (χ3v) is 6.84. The molecule has 0 bridgehead atoms. The van der Waals surface area contributed by atoms with Crippen molar-refractivity contribution < 1.29 is 13.2 Å². The fourth-order valence-electron chi connectivity index (χ4n) is 3.11. The van der Waals surface area contributed by atoms with Crippen molar-refractivity contribution >= 4 is 33.2 Å². The zero-order valence-electron chi connectivity index (χ0n) is 15.2. The second-order valence-corrected chi connectivity index (χ2v) is 8.99. The molecule has 146 valence electrons. The van der Waals surface area contributed by atoms with Crippen molar-refractivity contribution in [3.05, 3.63) is 58.6 Å². The van der Waals surface area contributed by atoms with E-state index in [0.717, 1.165) is 19.3 Å². The van der Waals surface area contributed by atoms with Crippen molar-refractivity contribution in [2.24, 2.45) is 0 Å².